The second-order valence-corrected chi connectivity index (χ2v) is 8.07. The molecule has 1 aromatic carbocycles. The van der Waals surface area contributed by atoms with Crippen LogP contribution in [0.4, 0.5) is 0 Å². The van der Waals surface area contributed by atoms with E-state index in [1.54, 1.807) is 27.4 Å². The first-order valence-corrected chi connectivity index (χ1v) is 10.5. The Hall–Kier alpha value is -3.22. The Kier molecular flexibility index (Phi) is 4.76. The average molecular weight is 439 g/mol. The summed E-state index contributed by atoms with van der Waals surface area (Å²) in [6, 6.07) is 5.42. The van der Waals surface area contributed by atoms with Gasteiger partial charge in [0.1, 0.15) is 23.6 Å². The molecule has 1 aliphatic heterocycles. The average Bonchev–Trinajstić information content (AvgIpc) is 3.53. The number of hydrogen-bond acceptors (Lipinski definition) is 7. The monoisotopic (exact) mass is 438 g/mol. The van der Waals surface area contributed by atoms with Gasteiger partial charge in [-0.3, -0.25) is 9.20 Å². The van der Waals surface area contributed by atoms with E-state index in [4.69, 9.17) is 20.9 Å². The molecule has 0 N–H and O–H groups in total. The Labute approximate surface area is 181 Å². The molecule has 1 aliphatic rings. The predicted octanol–water partition coefficient (Wildman–Crippen LogP) is 3.70. The van der Waals surface area contributed by atoms with Crippen LogP contribution in [0.5, 0.6) is 0 Å². The lowest BCUT2D eigenvalue weighted by Crippen LogP contribution is -2.26. The van der Waals surface area contributed by atoms with E-state index < -0.39 is 0 Å². The van der Waals surface area contributed by atoms with Gasteiger partial charge in [-0.2, -0.15) is 10.2 Å². The number of rotatable bonds is 4. The van der Waals surface area contributed by atoms with E-state index in [0.717, 1.165) is 6.42 Å². The van der Waals surface area contributed by atoms with Crippen molar-refractivity contribution in [3.05, 3.63) is 45.3 Å². The van der Waals surface area contributed by atoms with Gasteiger partial charge in [-0.15, -0.1) is 0 Å². The van der Waals surface area contributed by atoms with Crippen molar-refractivity contribution in [2.24, 2.45) is 0 Å². The summed E-state index contributed by atoms with van der Waals surface area (Å²) in [4.78, 5) is 22.6. The molecule has 10 heteroatoms. The maximum Gasteiger partial charge on any atom is 0.278 e. The summed E-state index contributed by atoms with van der Waals surface area (Å²) in [5, 5.41) is 14.1. The minimum atomic E-state index is -0.288. The standard InChI is InChI=1S/C21H19ClN6O3/c1-3-11(2)28-17-13(8-23)14(22)4-5-15(17)27-10-24-16(18(27)21(28)29)19-25-20(31-26-19)12-6-7-30-9-12/h4-5,10-12H,3,6-7,9H2,1-2H3. The summed E-state index contributed by atoms with van der Waals surface area (Å²) in [7, 11) is 0. The number of fused-ring (bicyclic) bond motifs is 3. The van der Waals surface area contributed by atoms with E-state index in [1.807, 2.05) is 13.8 Å². The highest BCUT2D eigenvalue weighted by molar-refractivity contribution is 6.32. The molecule has 158 valence electrons. The number of nitrogens with zero attached hydrogens (tertiary/aromatic N) is 6. The molecule has 0 amide bonds. The van der Waals surface area contributed by atoms with Gasteiger partial charge in [0.2, 0.25) is 11.7 Å². The normalized spacial score (nSPS) is 17.4. The second kappa shape index (κ2) is 7.48. The maximum atomic E-state index is 13.7. The zero-order valence-electron chi connectivity index (χ0n) is 17.0. The van der Waals surface area contributed by atoms with Crippen molar-refractivity contribution >= 4 is 28.2 Å². The first-order chi connectivity index (χ1) is 15.0. The van der Waals surface area contributed by atoms with Gasteiger partial charge >= 0.3 is 0 Å². The van der Waals surface area contributed by atoms with E-state index in [-0.39, 0.29) is 28.9 Å². The zero-order chi connectivity index (χ0) is 21.7. The summed E-state index contributed by atoms with van der Waals surface area (Å²) in [5.74, 6) is 0.786. The van der Waals surface area contributed by atoms with Crippen LogP contribution in [-0.2, 0) is 4.74 Å². The van der Waals surface area contributed by atoms with Crippen molar-refractivity contribution in [3.63, 3.8) is 0 Å². The van der Waals surface area contributed by atoms with Crippen molar-refractivity contribution in [2.75, 3.05) is 13.2 Å². The minimum absolute atomic E-state index is 0.0491. The van der Waals surface area contributed by atoms with Gasteiger partial charge in [0.15, 0.2) is 0 Å². The van der Waals surface area contributed by atoms with E-state index in [2.05, 4.69) is 21.2 Å². The Morgan fingerprint density at radius 2 is 2.23 bits per heavy atom. The highest BCUT2D eigenvalue weighted by Crippen LogP contribution is 2.31. The number of imidazole rings is 1. The molecule has 2 atom stereocenters. The molecule has 2 unspecified atom stereocenters. The predicted molar refractivity (Wildman–Crippen MR) is 113 cm³/mol. The molecule has 9 nitrogen and oxygen atoms in total. The summed E-state index contributed by atoms with van der Waals surface area (Å²) in [5.41, 5.74) is 1.78. The summed E-state index contributed by atoms with van der Waals surface area (Å²) >= 11 is 6.29. The Morgan fingerprint density at radius 3 is 2.94 bits per heavy atom. The van der Waals surface area contributed by atoms with Gasteiger partial charge in [-0.25, -0.2) is 4.98 Å². The lowest BCUT2D eigenvalue weighted by molar-refractivity contribution is 0.189. The fraction of sp³-hybridized carbons (Fsp3) is 0.381. The first-order valence-electron chi connectivity index (χ1n) is 10.1. The molecule has 4 heterocycles. The number of ether oxygens (including phenoxy) is 1. The van der Waals surface area contributed by atoms with E-state index >= 15 is 0 Å². The van der Waals surface area contributed by atoms with Gasteiger partial charge in [-0.05, 0) is 31.9 Å². The van der Waals surface area contributed by atoms with Crippen LogP contribution in [0, 0.1) is 11.3 Å². The fourth-order valence-corrected chi connectivity index (χ4v) is 4.24. The van der Waals surface area contributed by atoms with Crippen molar-refractivity contribution in [2.45, 2.75) is 38.6 Å². The number of hydrogen-bond donors (Lipinski definition) is 0. The molecule has 1 saturated heterocycles. The molecule has 31 heavy (non-hydrogen) atoms. The van der Waals surface area contributed by atoms with Crippen LogP contribution in [0.2, 0.25) is 5.02 Å². The molecule has 0 saturated carbocycles. The van der Waals surface area contributed by atoms with Gasteiger partial charge in [0, 0.05) is 12.6 Å². The van der Waals surface area contributed by atoms with E-state index in [1.165, 1.54) is 0 Å². The molecular formula is C21H19ClN6O3. The van der Waals surface area contributed by atoms with Crippen molar-refractivity contribution in [3.8, 4) is 17.6 Å². The third-order valence-electron chi connectivity index (χ3n) is 5.87. The molecule has 4 aromatic rings. The smallest absolute Gasteiger partial charge is 0.278 e. The van der Waals surface area contributed by atoms with Crippen LogP contribution in [0.25, 0.3) is 28.1 Å². The van der Waals surface area contributed by atoms with Crippen LogP contribution in [-0.4, -0.2) is 37.3 Å². The lowest BCUT2D eigenvalue weighted by atomic mass is 10.1. The highest BCUT2D eigenvalue weighted by atomic mass is 35.5. The zero-order valence-corrected chi connectivity index (χ0v) is 17.8. The van der Waals surface area contributed by atoms with Crippen LogP contribution in [0.3, 0.4) is 0 Å². The van der Waals surface area contributed by atoms with Gasteiger partial charge in [0.25, 0.3) is 5.56 Å². The molecule has 0 radical (unpaired) electrons. The minimum Gasteiger partial charge on any atom is -0.381 e. The van der Waals surface area contributed by atoms with Gasteiger partial charge in [0.05, 0.1) is 34.1 Å². The fourth-order valence-electron chi connectivity index (χ4n) is 4.04. The van der Waals surface area contributed by atoms with Gasteiger partial charge < -0.3 is 13.8 Å². The molecule has 0 bridgehead atoms. The van der Waals surface area contributed by atoms with E-state index in [0.29, 0.717) is 52.8 Å². The van der Waals surface area contributed by atoms with E-state index in [9.17, 15) is 10.1 Å². The van der Waals surface area contributed by atoms with Crippen LogP contribution in [0.15, 0.2) is 27.8 Å². The third kappa shape index (κ3) is 2.94. The van der Waals surface area contributed by atoms with Gasteiger partial charge in [-0.1, -0.05) is 23.7 Å². The van der Waals surface area contributed by atoms with Crippen LogP contribution >= 0.6 is 11.6 Å². The van der Waals surface area contributed by atoms with Crippen molar-refractivity contribution in [1.29, 1.82) is 5.26 Å². The maximum absolute atomic E-state index is 13.7. The molecular weight excluding hydrogens is 420 g/mol. The highest BCUT2D eigenvalue weighted by Gasteiger charge is 2.27. The largest absolute Gasteiger partial charge is 0.381 e. The number of benzene rings is 1. The van der Waals surface area contributed by atoms with Crippen LogP contribution in [0.1, 0.15) is 50.1 Å². The van der Waals surface area contributed by atoms with Crippen LogP contribution < -0.4 is 5.56 Å². The Balaban J connectivity index is 1.82. The number of aromatic nitrogens is 5. The molecule has 0 spiro atoms. The Morgan fingerprint density at radius 1 is 1.39 bits per heavy atom. The molecule has 3 aromatic heterocycles. The molecule has 0 aliphatic carbocycles. The first kappa shape index (κ1) is 19.7. The second-order valence-electron chi connectivity index (χ2n) is 7.66. The summed E-state index contributed by atoms with van der Waals surface area (Å²) in [6.07, 6.45) is 3.05. The summed E-state index contributed by atoms with van der Waals surface area (Å²) in [6.45, 7) is 5.11. The number of nitriles is 1. The lowest BCUT2D eigenvalue weighted by Gasteiger charge is -2.19. The quantitative estimate of drug-likeness (QED) is 0.477. The topological polar surface area (TPSA) is 111 Å². The van der Waals surface area contributed by atoms with Crippen molar-refractivity contribution in [1.82, 2.24) is 24.1 Å². The Bertz CT molecular complexity index is 1410. The molecule has 1 fully saturated rings. The third-order valence-corrected chi connectivity index (χ3v) is 6.19. The summed E-state index contributed by atoms with van der Waals surface area (Å²) < 4.78 is 14.1. The SMILES string of the molecule is CCC(C)n1c(=O)c2c(-c3noc(C4CCOC4)n3)ncn2c2ccc(Cl)c(C#N)c21. The number of halogens is 1. The molecule has 5 rings (SSSR count). The van der Waals surface area contributed by atoms with Crippen molar-refractivity contribution < 1.29 is 9.26 Å².